The fourth-order valence-corrected chi connectivity index (χ4v) is 2.50. The highest BCUT2D eigenvalue weighted by atomic mass is 35.5. The number of rotatable bonds is 8. The number of hydrogen-bond donors (Lipinski definition) is 1. The summed E-state index contributed by atoms with van der Waals surface area (Å²) in [4.78, 5) is 6.08. The lowest BCUT2D eigenvalue weighted by Gasteiger charge is -2.19. The van der Waals surface area contributed by atoms with Gasteiger partial charge in [-0.2, -0.15) is 0 Å². The number of nitrogens with zero attached hydrogens (tertiary/aromatic N) is 2. The molecule has 0 aromatic carbocycles. The van der Waals surface area contributed by atoms with Gasteiger partial charge in [0.1, 0.15) is 15.7 Å². The summed E-state index contributed by atoms with van der Waals surface area (Å²) < 4.78 is 22.4. The maximum atomic E-state index is 11.2. The summed E-state index contributed by atoms with van der Waals surface area (Å²) in [5, 5.41) is 3.95. The minimum atomic E-state index is -2.98. The summed E-state index contributed by atoms with van der Waals surface area (Å²) in [6.07, 6.45) is 2.84. The molecule has 0 atom stereocenters. The second kappa shape index (κ2) is 7.96. The van der Waals surface area contributed by atoms with Crippen LogP contribution in [0.1, 0.15) is 19.4 Å². The standard InChI is InChI=1S/C14H24ClN3O2S/c1-11(2)8-16-9-12-7-14(17-10-13(12)15)18(3)5-6-21(4,19)20/h7,10-11,16H,5-6,8-9H2,1-4H3. The van der Waals surface area contributed by atoms with Crippen LogP contribution in [-0.2, 0) is 16.4 Å². The lowest BCUT2D eigenvalue weighted by atomic mass is 10.2. The Morgan fingerprint density at radius 1 is 1.43 bits per heavy atom. The summed E-state index contributed by atoms with van der Waals surface area (Å²) in [6.45, 7) is 6.29. The predicted octanol–water partition coefficient (Wildman–Crippen LogP) is 1.96. The topological polar surface area (TPSA) is 62.3 Å². The van der Waals surface area contributed by atoms with Crippen molar-refractivity contribution in [3.05, 3.63) is 22.8 Å². The van der Waals surface area contributed by atoms with E-state index in [4.69, 9.17) is 11.6 Å². The van der Waals surface area contributed by atoms with Crippen molar-refractivity contribution in [1.29, 1.82) is 0 Å². The Bertz CT molecular complexity index is 561. The Hall–Kier alpha value is -0.850. The lowest BCUT2D eigenvalue weighted by molar-refractivity contribution is 0.552. The molecule has 0 saturated heterocycles. The van der Waals surface area contributed by atoms with Gasteiger partial charge in [0.25, 0.3) is 0 Å². The van der Waals surface area contributed by atoms with Crippen LogP contribution in [0, 0.1) is 5.92 Å². The quantitative estimate of drug-likeness (QED) is 0.788. The molecule has 1 N–H and O–H groups in total. The van der Waals surface area contributed by atoms with Crippen LogP contribution in [-0.4, -0.2) is 45.5 Å². The molecule has 5 nitrogen and oxygen atoms in total. The van der Waals surface area contributed by atoms with E-state index in [0.717, 1.165) is 17.9 Å². The van der Waals surface area contributed by atoms with Gasteiger partial charge < -0.3 is 10.2 Å². The average molecular weight is 334 g/mol. The number of aromatic nitrogens is 1. The number of pyridine rings is 1. The van der Waals surface area contributed by atoms with E-state index in [1.807, 2.05) is 18.0 Å². The average Bonchev–Trinajstić information content (AvgIpc) is 2.37. The fourth-order valence-electron chi connectivity index (χ4n) is 1.72. The highest BCUT2D eigenvalue weighted by Gasteiger charge is 2.10. The van der Waals surface area contributed by atoms with Gasteiger partial charge in [0.2, 0.25) is 0 Å². The third-order valence-electron chi connectivity index (χ3n) is 2.98. The molecule has 0 fully saturated rings. The molecule has 1 aromatic heterocycles. The minimum absolute atomic E-state index is 0.106. The first-order valence-electron chi connectivity index (χ1n) is 6.93. The molecule has 0 saturated carbocycles. The molecule has 0 bridgehead atoms. The molecule has 0 unspecified atom stereocenters. The van der Waals surface area contributed by atoms with Gasteiger partial charge in [-0.3, -0.25) is 0 Å². The summed E-state index contributed by atoms with van der Waals surface area (Å²) in [5.74, 6) is 1.40. The highest BCUT2D eigenvalue weighted by molar-refractivity contribution is 7.90. The fraction of sp³-hybridized carbons (Fsp3) is 0.643. The smallest absolute Gasteiger partial charge is 0.149 e. The molecule has 120 valence electrons. The zero-order valence-electron chi connectivity index (χ0n) is 13.1. The van der Waals surface area contributed by atoms with Crippen LogP contribution in [0.5, 0.6) is 0 Å². The molecule has 0 amide bonds. The van der Waals surface area contributed by atoms with Crippen LogP contribution >= 0.6 is 11.6 Å². The number of halogens is 1. The molecule has 21 heavy (non-hydrogen) atoms. The number of anilines is 1. The van der Waals surface area contributed by atoms with E-state index < -0.39 is 9.84 Å². The van der Waals surface area contributed by atoms with Crippen LogP contribution < -0.4 is 10.2 Å². The third kappa shape index (κ3) is 7.11. The number of nitrogens with one attached hydrogen (secondary N) is 1. The van der Waals surface area contributed by atoms with Crippen LogP contribution in [0.3, 0.4) is 0 Å². The second-order valence-electron chi connectivity index (χ2n) is 5.71. The van der Waals surface area contributed by atoms with Gasteiger partial charge in [-0.1, -0.05) is 25.4 Å². The van der Waals surface area contributed by atoms with Gasteiger partial charge in [-0.15, -0.1) is 0 Å². The van der Waals surface area contributed by atoms with E-state index in [-0.39, 0.29) is 5.75 Å². The van der Waals surface area contributed by atoms with Crippen molar-refractivity contribution in [2.45, 2.75) is 20.4 Å². The van der Waals surface area contributed by atoms with Gasteiger partial charge in [0.15, 0.2) is 0 Å². The maximum absolute atomic E-state index is 11.2. The first kappa shape index (κ1) is 18.2. The zero-order chi connectivity index (χ0) is 16.0. The summed E-state index contributed by atoms with van der Waals surface area (Å²) in [6, 6.07) is 1.90. The molecular weight excluding hydrogens is 310 g/mol. The molecule has 7 heteroatoms. The van der Waals surface area contributed by atoms with E-state index >= 15 is 0 Å². The van der Waals surface area contributed by atoms with Crippen molar-refractivity contribution in [2.75, 3.05) is 37.0 Å². The van der Waals surface area contributed by atoms with Crippen LogP contribution in [0.25, 0.3) is 0 Å². The highest BCUT2D eigenvalue weighted by Crippen LogP contribution is 2.19. The molecule has 1 rings (SSSR count). The number of hydrogen-bond acceptors (Lipinski definition) is 5. The van der Waals surface area contributed by atoms with Gasteiger partial charge in [0.05, 0.1) is 10.8 Å². The first-order valence-corrected chi connectivity index (χ1v) is 9.37. The Morgan fingerprint density at radius 2 is 2.10 bits per heavy atom. The lowest BCUT2D eigenvalue weighted by Crippen LogP contribution is -2.26. The van der Waals surface area contributed by atoms with Crippen LogP contribution in [0.15, 0.2) is 12.3 Å². The number of sulfone groups is 1. The van der Waals surface area contributed by atoms with Gasteiger partial charge in [0, 0.05) is 32.6 Å². The normalized spacial score (nSPS) is 11.9. The van der Waals surface area contributed by atoms with E-state index in [2.05, 4.69) is 24.1 Å². The van der Waals surface area contributed by atoms with Crippen molar-refractivity contribution in [3.8, 4) is 0 Å². The van der Waals surface area contributed by atoms with Crippen molar-refractivity contribution < 1.29 is 8.42 Å². The molecule has 0 radical (unpaired) electrons. The molecule has 0 aliphatic heterocycles. The summed E-state index contributed by atoms with van der Waals surface area (Å²) in [7, 11) is -1.15. The van der Waals surface area contributed by atoms with Crippen molar-refractivity contribution >= 4 is 27.3 Å². The Morgan fingerprint density at radius 3 is 2.67 bits per heavy atom. The van der Waals surface area contributed by atoms with E-state index in [1.165, 1.54) is 6.26 Å². The van der Waals surface area contributed by atoms with E-state index in [9.17, 15) is 8.42 Å². The van der Waals surface area contributed by atoms with Crippen LogP contribution in [0.2, 0.25) is 5.02 Å². The maximum Gasteiger partial charge on any atom is 0.149 e. The first-order chi connectivity index (χ1) is 9.69. The summed E-state index contributed by atoms with van der Waals surface area (Å²) >= 11 is 6.15. The van der Waals surface area contributed by atoms with Crippen LogP contribution in [0.4, 0.5) is 5.82 Å². The van der Waals surface area contributed by atoms with Gasteiger partial charge in [-0.05, 0) is 24.1 Å². The molecular formula is C14H24ClN3O2S. The third-order valence-corrected chi connectivity index (χ3v) is 4.24. The van der Waals surface area contributed by atoms with Gasteiger partial charge in [-0.25, -0.2) is 13.4 Å². The molecule has 1 heterocycles. The molecule has 1 aromatic rings. The summed E-state index contributed by atoms with van der Waals surface area (Å²) in [5.41, 5.74) is 0.966. The SMILES string of the molecule is CC(C)CNCc1cc(N(C)CCS(C)(=O)=O)ncc1Cl. The van der Waals surface area contributed by atoms with Crippen molar-refractivity contribution in [2.24, 2.45) is 5.92 Å². The minimum Gasteiger partial charge on any atom is -0.359 e. The zero-order valence-corrected chi connectivity index (χ0v) is 14.6. The van der Waals surface area contributed by atoms with Crippen molar-refractivity contribution in [3.63, 3.8) is 0 Å². The Balaban J connectivity index is 2.71. The molecule has 0 aliphatic carbocycles. The Labute approximate surface area is 132 Å². The van der Waals surface area contributed by atoms with Gasteiger partial charge >= 0.3 is 0 Å². The molecule has 0 aliphatic rings. The molecule has 0 spiro atoms. The van der Waals surface area contributed by atoms with Crippen molar-refractivity contribution in [1.82, 2.24) is 10.3 Å². The largest absolute Gasteiger partial charge is 0.359 e. The van der Waals surface area contributed by atoms with E-state index in [1.54, 1.807) is 6.20 Å². The van der Waals surface area contributed by atoms with E-state index in [0.29, 0.717) is 24.0 Å². The Kier molecular flexibility index (Phi) is 6.90. The monoisotopic (exact) mass is 333 g/mol. The predicted molar refractivity (Wildman–Crippen MR) is 88.8 cm³/mol. The second-order valence-corrected chi connectivity index (χ2v) is 8.38.